The van der Waals surface area contributed by atoms with Crippen LogP contribution in [-0.4, -0.2) is 70.0 Å². The number of phosphoric acid groups is 1. The number of unbranched alkanes of at least 4 members (excludes halogenated alkanes) is 36. The van der Waals surface area contributed by atoms with Crippen LogP contribution in [0.15, 0.2) is 146 Å². The summed E-state index contributed by atoms with van der Waals surface area (Å²) in [5, 5.41) is 0. The molecule has 0 aliphatic carbocycles. The molecule has 0 spiro atoms. The molecule has 0 fully saturated rings. The van der Waals surface area contributed by atoms with Crippen LogP contribution in [0.2, 0.25) is 0 Å². The van der Waals surface area contributed by atoms with E-state index in [4.69, 9.17) is 18.5 Å². The lowest BCUT2D eigenvalue weighted by atomic mass is 10.0. The van der Waals surface area contributed by atoms with Gasteiger partial charge in [-0.3, -0.25) is 14.2 Å². The highest BCUT2D eigenvalue weighted by molar-refractivity contribution is 7.45. The Balaban J connectivity index is 3.95. The quantitative estimate of drug-likeness (QED) is 0.0195. The number of allylic oxidation sites excluding steroid dienone is 24. The number of quaternary nitrogens is 1. The summed E-state index contributed by atoms with van der Waals surface area (Å²) < 4.78 is 34.4. The highest BCUT2D eigenvalue weighted by atomic mass is 31.2. The van der Waals surface area contributed by atoms with Gasteiger partial charge in [-0.1, -0.05) is 365 Å². The Morgan fingerprint density at radius 1 is 0.316 bits per heavy atom. The summed E-state index contributed by atoms with van der Waals surface area (Å²) in [6.07, 6.45) is 114. The molecule has 0 saturated heterocycles. The van der Waals surface area contributed by atoms with Crippen LogP contribution in [0.5, 0.6) is 0 Å². The third kappa shape index (κ3) is 80.9. The maximum absolute atomic E-state index is 12.9. The van der Waals surface area contributed by atoms with Gasteiger partial charge in [0.05, 0.1) is 27.7 Å². The number of phosphoric ester groups is 1. The van der Waals surface area contributed by atoms with Gasteiger partial charge in [-0.2, -0.15) is 0 Å². The normalized spacial score (nSPS) is 13.8. The van der Waals surface area contributed by atoms with Crippen LogP contribution in [0.4, 0.5) is 0 Å². The fourth-order valence-electron chi connectivity index (χ4n) is 11.3. The van der Waals surface area contributed by atoms with Crippen molar-refractivity contribution in [3.63, 3.8) is 0 Å². The molecule has 0 aromatic carbocycles. The van der Waals surface area contributed by atoms with Gasteiger partial charge < -0.3 is 27.9 Å². The zero-order valence-electron chi connectivity index (χ0n) is 64.2. The van der Waals surface area contributed by atoms with E-state index in [9.17, 15) is 19.0 Å². The Morgan fingerprint density at radius 2 is 0.551 bits per heavy atom. The van der Waals surface area contributed by atoms with E-state index in [2.05, 4.69) is 160 Å². The maximum Gasteiger partial charge on any atom is 0.306 e. The lowest BCUT2D eigenvalue weighted by molar-refractivity contribution is -0.870. The van der Waals surface area contributed by atoms with Crippen molar-refractivity contribution in [3.8, 4) is 0 Å². The first-order valence-electron chi connectivity index (χ1n) is 40.5. The molecule has 0 N–H and O–H groups in total. The van der Waals surface area contributed by atoms with Crippen molar-refractivity contribution in [3.05, 3.63) is 146 Å². The summed E-state index contributed by atoms with van der Waals surface area (Å²) in [7, 11) is 1.17. The predicted octanol–water partition coefficient (Wildman–Crippen LogP) is 26.6. The second kappa shape index (κ2) is 77.1. The molecular formula is C88H152NO8P. The van der Waals surface area contributed by atoms with Crippen LogP contribution in [-0.2, 0) is 32.7 Å². The standard InChI is InChI=1S/C88H152NO8P/c1-6-8-10-12-14-16-18-20-22-24-26-28-30-32-34-36-38-40-41-42-43-44-45-46-47-49-51-53-55-57-59-61-63-65-67-69-71-73-75-77-79-81-88(91)97-86(85-96-98(92,93)95-83-82-89(3,4)5)84-94-87(90)80-78-76-74-72-70-68-66-64-62-60-58-56-54-52-50-48-39-37-35-33-31-29-27-25-23-21-19-17-15-13-11-9-7-2/h8-11,14-17,20-23,26-29,32-35,38-40,48,86H,6-7,12-13,18-19,24-25,30-31,36-37,41-47,49-85H2,1-5H3/b10-8-,11-9-,16-14-,17-15-,22-20-,23-21-,28-26-,29-27-,34-32-,35-33-,40-38-,48-39-. The molecule has 0 aliphatic heterocycles. The van der Waals surface area contributed by atoms with Crippen molar-refractivity contribution >= 4 is 19.8 Å². The molecule has 98 heavy (non-hydrogen) atoms. The summed E-state index contributed by atoms with van der Waals surface area (Å²) in [6.45, 7) is 4.04. The van der Waals surface area contributed by atoms with E-state index in [1.54, 1.807) is 0 Å². The van der Waals surface area contributed by atoms with Gasteiger partial charge in [0.25, 0.3) is 7.82 Å². The largest absolute Gasteiger partial charge is 0.756 e. The van der Waals surface area contributed by atoms with E-state index in [-0.39, 0.29) is 32.0 Å². The molecule has 0 aromatic rings. The van der Waals surface area contributed by atoms with Crippen LogP contribution in [0.1, 0.15) is 348 Å². The molecule has 0 radical (unpaired) electrons. The third-order valence-electron chi connectivity index (χ3n) is 17.4. The Kier molecular flexibility index (Phi) is 73.8. The molecule has 0 bridgehead atoms. The fourth-order valence-corrected chi connectivity index (χ4v) is 12.0. The van der Waals surface area contributed by atoms with Crippen LogP contribution in [0.25, 0.3) is 0 Å². The van der Waals surface area contributed by atoms with Crippen LogP contribution < -0.4 is 4.89 Å². The molecule has 0 amide bonds. The van der Waals surface area contributed by atoms with E-state index in [1.165, 1.54) is 199 Å². The summed E-state index contributed by atoms with van der Waals surface area (Å²) in [5.74, 6) is -0.825. The maximum atomic E-state index is 12.9. The molecule has 562 valence electrons. The zero-order valence-corrected chi connectivity index (χ0v) is 65.1. The van der Waals surface area contributed by atoms with E-state index in [1.807, 2.05) is 21.1 Å². The molecule has 0 rings (SSSR count). The van der Waals surface area contributed by atoms with E-state index < -0.39 is 26.5 Å². The van der Waals surface area contributed by atoms with E-state index in [0.29, 0.717) is 17.4 Å². The number of carbonyl (C=O) groups excluding carboxylic acids is 2. The fraction of sp³-hybridized carbons (Fsp3) is 0.705. The Bertz CT molecular complexity index is 2170. The average molecular weight is 1380 g/mol. The number of hydrogen-bond acceptors (Lipinski definition) is 8. The average Bonchev–Trinajstić information content (AvgIpc) is 1.08. The van der Waals surface area contributed by atoms with Gasteiger partial charge in [0.15, 0.2) is 6.10 Å². The lowest BCUT2D eigenvalue weighted by Crippen LogP contribution is -2.37. The Morgan fingerprint density at radius 3 is 0.816 bits per heavy atom. The molecule has 0 saturated carbocycles. The topological polar surface area (TPSA) is 111 Å². The lowest BCUT2D eigenvalue weighted by Gasteiger charge is -2.28. The van der Waals surface area contributed by atoms with Crippen molar-refractivity contribution in [2.45, 2.75) is 354 Å². The minimum absolute atomic E-state index is 0.0339. The van der Waals surface area contributed by atoms with Gasteiger partial charge in [-0.05, 0) is 116 Å². The van der Waals surface area contributed by atoms with Crippen LogP contribution >= 0.6 is 7.82 Å². The number of likely N-dealkylation sites (N-methyl/N-ethyl adjacent to an activating group) is 1. The monoisotopic (exact) mass is 1380 g/mol. The van der Waals surface area contributed by atoms with Crippen molar-refractivity contribution in [2.75, 3.05) is 47.5 Å². The minimum atomic E-state index is -4.65. The van der Waals surface area contributed by atoms with Gasteiger partial charge in [-0.15, -0.1) is 0 Å². The van der Waals surface area contributed by atoms with Gasteiger partial charge >= 0.3 is 11.9 Å². The molecule has 0 heterocycles. The Hall–Kier alpha value is -4.11. The zero-order chi connectivity index (χ0) is 71.1. The molecule has 0 aromatic heterocycles. The number of carbonyl (C=O) groups is 2. The molecule has 9 nitrogen and oxygen atoms in total. The van der Waals surface area contributed by atoms with E-state index >= 15 is 0 Å². The predicted molar refractivity (Wildman–Crippen MR) is 424 cm³/mol. The Labute approximate surface area is 605 Å². The third-order valence-corrected chi connectivity index (χ3v) is 18.3. The number of nitrogens with zero attached hydrogens (tertiary/aromatic N) is 1. The first-order valence-corrected chi connectivity index (χ1v) is 42.0. The van der Waals surface area contributed by atoms with Gasteiger partial charge in [0.1, 0.15) is 19.8 Å². The number of ether oxygens (including phenoxy) is 2. The van der Waals surface area contributed by atoms with Crippen molar-refractivity contribution in [1.82, 2.24) is 0 Å². The van der Waals surface area contributed by atoms with Crippen LogP contribution in [0, 0.1) is 0 Å². The summed E-state index contributed by atoms with van der Waals surface area (Å²) in [5.41, 5.74) is 0. The van der Waals surface area contributed by atoms with Gasteiger partial charge in [-0.25, -0.2) is 0 Å². The molecule has 2 unspecified atom stereocenters. The SMILES string of the molecule is CC/C=C\C/C=C\C/C=C\C/C=C\C/C=C\C/C=C\CCCCCCCCCCCCCCCCCCCCCCCCC(=O)OC(COC(=O)CCCCCCCCCCCCCCCC/C=C\C/C=C\C/C=C\C/C=C\C/C=C\C/C=C\CC)COP(=O)([O-])OCC[N+](C)(C)C. The first-order chi connectivity index (χ1) is 48.0. The summed E-state index contributed by atoms with van der Waals surface area (Å²) >= 11 is 0. The second-order valence-corrected chi connectivity index (χ2v) is 29.4. The van der Waals surface area contributed by atoms with Crippen molar-refractivity contribution < 1.29 is 42.1 Å². The smallest absolute Gasteiger partial charge is 0.306 e. The molecular weight excluding hydrogens is 1230 g/mol. The van der Waals surface area contributed by atoms with Crippen molar-refractivity contribution in [1.29, 1.82) is 0 Å². The molecule has 2 atom stereocenters. The van der Waals surface area contributed by atoms with Gasteiger partial charge in [0, 0.05) is 12.8 Å². The highest BCUT2D eigenvalue weighted by Gasteiger charge is 2.22. The highest BCUT2D eigenvalue weighted by Crippen LogP contribution is 2.38. The molecule has 0 aliphatic rings. The second-order valence-electron chi connectivity index (χ2n) is 28.0. The number of hydrogen-bond donors (Lipinski definition) is 0. The number of esters is 2. The summed E-state index contributed by atoms with van der Waals surface area (Å²) in [6, 6.07) is 0. The van der Waals surface area contributed by atoms with E-state index in [0.717, 1.165) is 116 Å². The molecule has 10 heteroatoms. The van der Waals surface area contributed by atoms with Gasteiger partial charge in [0.2, 0.25) is 0 Å². The number of rotatable bonds is 74. The first kappa shape index (κ1) is 93.9. The minimum Gasteiger partial charge on any atom is -0.756 e. The van der Waals surface area contributed by atoms with Crippen LogP contribution in [0.3, 0.4) is 0 Å². The summed E-state index contributed by atoms with van der Waals surface area (Å²) in [4.78, 5) is 38.2. The van der Waals surface area contributed by atoms with Crippen molar-refractivity contribution in [2.24, 2.45) is 0 Å².